The number of carbonyl (C=O) groups is 3. The summed E-state index contributed by atoms with van der Waals surface area (Å²) in [6.45, 7) is 4.47. The molecular weight excluding hydrogens is 880 g/mol. The summed E-state index contributed by atoms with van der Waals surface area (Å²) in [5.74, 6) is -1.50. The second-order valence-electron chi connectivity index (χ2n) is 18.0. The Hall–Kier alpha value is -2.82. The predicted octanol–water partition coefficient (Wildman–Crippen LogP) is 15.6. The molecule has 0 aromatic carbocycles. The van der Waals surface area contributed by atoms with Gasteiger partial charge >= 0.3 is 25.7 Å². The van der Waals surface area contributed by atoms with E-state index >= 15 is 0 Å². The molecule has 0 fully saturated rings. The lowest BCUT2D eigenvalue weighted by atomic mass is 10.1. The number of aliphatic hydroxyl groups is 1. The number of unbranched alkanes of at least 4 members (excludes halogenated alkanes) is 23. The van der Waals surface area contributed by atoms with Gasteiger partial charge in [0, 0.05) is 19.3 Å². The molecule has 3 unspecified atom stereocenters. The molecule has 0 saturated heterocycles. The normalized spacial score (nSPS) is 13.9. The van der Waals surface area contributed by atoms with E-state index in [-0.39, 0.29) is 25.9 Å². The molecule has 3 atom stereocenters. The molecule has 0 aliphatic heterocycles. The molecule has 0 heterocycles. The Morgan fingerprint density at radius 3 is 1.16 bits per heavy atom. The van der Waals surface area contributed by atoms with E-state index in [9.17, 15) is 28.9 Å². The molecule has 2 N–H and O–H groups in total. The van der Waals surface area contributed by atoms with Crippen LogP contribution < -0.4 is 0 Å². The first-order chi connectivity index (χ1) is 33.2. The molecule has 12 heteroatoms. The standard InChI is InChI=1S/C56H99O11P/c1-4-7-10-13-16-19-22-25-26-29-30-33-36-39-42-45-54(58)63-49-53(67-56(60)47-44-41-38-35-32-28-24-21-18-15-12-9-6-3)51-65-68(61,62)64-50-52(48-57)66-55(59)46-43-40-37-34-31-27-23-20-17-14-11-8-5-2/h11-12,14-15,20-21,23-26,52-53,57H,4-10,13,16-19,22,27-51H2,1-3H3,(H,61,62)/b14-11-,15-12-,23-20-,24-21-,26-25-. The molecule has 68 heavy (non-hydrogen) atoms. The number of hydrogen-bond donors (Lipinski definition) is 2. The zero-order valence-corrected chi connectivity index (χ0v) is 44.2. The van der Waals surface area contributed by atoms with Crippen LogP contribution in [0.4, 0.5) is 0 Å². The summed E-state index contributed by atoms with van der Waals surface area (Å²) >= 11 is 0. The number of hydrogen-bond acceptors (Lipinski definition) is 10. The van der Waals surface area contributed by atoms with Crippen molar-refractivity contribution in [1.29, 1.82) is 0 Å². The van der Waals surface area contributed by atoms with Gasteiger partial charge in [0.05, 0.1) is 19.8 Å². The van der Waals surface area contributed by atoms with Gasteiger partial charge in [0.15, 0.2) is 6.10 Å². The molecule has 11 nitrogen and oxygen atoms in total. The third kappa shape index (κ3) is 48.2. The lowest BCUT2D eigenvalue weighted by Crippen LogP contribution is -2.30. The third-order valence-corrected chi connectivity index (χ3v) is 12.3. The first-order valence-electron chi connectivity index (χ1n) is 27.2. The highest BCUT2D eigenvalue weighted by molar-refractivity contribution is 7.47. The molecule has 394 valence electrons. The molecule has 0 bridgehead atoms. The zero-order chi connectivity index (χ0) is 49.9. The summed E-state index contributed by atoms with van der Waals surface area (Å²) in [5.41, 5.74) is 0. The van der Waals surface area contributed by atoms with Crippen LogP contribution in [0.25, 0.3) is 0 Å². The Bertz CT molecular complexity index is 1370. The maximum absolute atomic E-state index is 12.9. The van der Waals surface area contributed by atoms with Crippen molar-refractivity contribution in [1.82, 2.24) is 0 Å². The number of carbonyl (C=O) groups excluding carboxylic acids is 3. The van der Waals surface area contributed by atoms with Gasteiger partial charge in [-0.2, -0.15) is 0 Å². The topological polar surface area (TPSA) is 155 Å². The van der Waals surface area contributed by atoms with Crippen LogP contribution in [0, 0.1) is 0 Å². The van der Waals surface area contributed by atoms with Crippen molar-refractivity contribution in [3.05, 3.63) is 60.8 Å². The minimum Gasteiger partial charge on any atom is -0.462 e. The van der Waals surface area contributed by atoms with Crippen LogP contribution in [-0.4, -0.2) is 66.5 Å². The van der Waals surface area contributed by atoms with Crippen molar-refractivity contribution >= 4 is 25.7 Å². The second kappa shape index (κ2) is 50.6. The van der Waals surface area contributed by atoms with Crippen molar-refractivity contribution in [3.8, 4) is 0 Å². The summed E-state index contributed by atoms with van der Waals surface area (Å²) in [4.78, 5) is 48.4. The van der Waals surface area contributed by atoms with Crippen LogP contribution >= 0.6 is 7.82 Å². The van der Waals surface area contributed by atoms with Crippen molar-refractivity contribution in [2.75, 3.05) is 26.4 Å². The number of rotatable bonds is 50. The lowest BCUT2D eigenvalue weighted by molar-refractivity contribution is -0.161. The van der Waals surface area contributed by atoms with E-state index in [4.69, 9.17) is 23.3 Å². The molecule has 0 radical (unpaired) electrons. The first kappa shape index (κ1) is 65.2. The highest BCUT2D eigenvalue weighted by atomic mass is 31.2. The van der Waals surface area contributed by atoms with Crippen molar-refractivity contribution in [2.24, 2.45) is 0 Å². The Kier molecular flexibility index (Phi) is 48.5. The Balaban J connectivity index is 4.76. The van der Waals surface area contributed by atoms with E-state index in [1.165, 1.54) is 44.9 Å². The summed E-state index contributed by atoms with van der Waals surface area (Å²) in [6, 6.07) is 0. The van der Waals surface area contributed by atoms with Gasteiger partial charge < -0.3 is 24.2 Å². The van der Waals surface area contributed by atoms with E-state index in [1.807, 2.05) is 0 Å². The fraction of sp³-hybridized carbons (Fsp3) is 0.768. The molecular formula is C56H99O11P. The average molecular weight is 979 g/mol. The molecule has 0 aliphatic carbocycles. The summed E-state index contributed by atoms with van der Waals surface area (Å²) in [6.07, 6.45) is 53.2. The fourth-order valence-electron chi connectivity index (χ4n) is 7.19. The van der Waals surface area contributed by atoms with E-state index in [2.05, 4.69) is 81.5 Å². The maximum Gasteiger partial charge on any atom is 0.472 e. The minimum absolute atomic E-state index is 0.148. The van der Waals surface area contributed by atoms with Gasteiger partial charge in [-0.25, -0.2) is 4.57 Å². The monoisotopic (exact) mass is 979 g/mol. The second-order valence-corrected chi connectivity index (χ2v) is 19.5. The quantitative estimate of drug-likeness (QED) is 0.0197. The van der Waals surface area contributed by atoms with Crippen LogP contribution in [-0.2, 0) is 42.2 Å². The lowest BCUT2D eigenvalue weighted by Gasteiger charge is -2.21. The average Bonchev–Trinajstić information content (AvgIpc) is 3.32. The van der Waals surface area contributed by atoms with Crippen LogP contribution in [0.5, 0.6) is 0 Å². The Labute approximate surface area is 415 Å². The van der Waals surface area contributed by atoms with Crippen molar-refractivity contribution < 1.29 is 52.2 Å². The van der Waals surface area contributed by atoms with Gasteiger partial charge in [0.25, 0.3) is 0 Å². The summed E-state index contributed by atoms with van der Waals surface area (Å²) < 4.78 is 39.4. The number of esters is 3. The maximum atomic E-state index is 12.9. The Morgan fingerprint density at radius 2 is 0.750 bits per heavy atom. The van der Waals surface area contributed by atoms with Crippen molar-refractivity contribution in [3.63, 3.8) is 0 Å². The number of phosphoric acid groups is 1. The van der Waals surface area contributed by atoms with Gasteiger partial charge in [-0.15, -0.1) is 0 Å². The molecule has 0 spiro atoms. The van der Waals surface area contributed by atoms with Gasteiger partial charge in [-0.05, 0) is 96.3 Å². The van der Waals surface area contributed by atoms with Gasteiger partial charge in [-0.1, -0.05) is 184 Å². The fourth-order valence-corrected chi connectivity index (χ4v) is 7.97. The number of phosphoric ester groups is 1. The van der Waals surface area contributed by atoms with Gasteiger partial charge in [0.2, 0.25) is 0 Å². The minimum atomic E-state index is -4.75. The predicted molar refractivity (Wildman–Crippen MR) is 279 cm³/mol. The first-order valence-corrected chi connectivity index (χ1v) is 28.7. The molecule has 0 amide bonds. The number of aliphatic hydroxyl groups excluding tert-OH is 1. The highest BCUT2D eigenvalue weighted by Gasteiger charge is 2.28. The highest BCUT2D eigenvalue weighted by Crippen LogP contribution is 2.43. The van der Waals surface area contributed by atoms with Crippen molar-refractivity contribution in [2.45, 2.75) is 251 Å². The molecule has 0 rings (SSSR count). The van der Waals surface area contributed by atoms with Crippen LogP contribution in [0.1, 0.15) is 239 Å². The molecule has 0 aliphatic rings. The molecule has 0 saturated carbocycles. The van der Waals surface area contributed by atoms with E-state index < -0.39 is 57.8 Å². The van der Waals surface area contributed by atoms with Gasteiger partial charge in [0.1, 0.15) is 12.7 Å². The van der Waals surface area contributed by atoms with Crippen LogP contribution in [0.2, 0.25) is 0 Å². The Morgan fingerprint density at radius 1 is 0.412 bits per heavy atom. The number of ether oxygens (including phenoxy) is 3. The smallest absolute Gasteiger partial charge is 0.462 e. The largest absolute Gasteiger partial charge is 0.472 e. The number of allylic oxidation sites excluding steroid dienone is 10. The third-order valence-electron chi connectivity index (χ3n) is 11.3. The van der Waals surface area contributed by atoms with Crippen LogP contribution in [0.15, 0.2) is 60.8 Å². The molecule has 0 aromatic rings. The molecule has 0 aromatic heterocycles. The van der Waals surface area contributed by atoms with E-state index in [0.717, 1.165) is 135 Å². The van der Waals surface area contributed by atoms with E-state index in [0.29, 0.717) is 19.3 Å². The van der Waals surface area contributed by atoms with E-state index in [1.54, 1.807) is 0 Å². The van der Waals surface area contributed by atoms with Crippen LogP contribution in [0.3, 0.4) is 0 Å². The van der Waals surface area contributed by atoms with Gasteiger partial charge in [-0.3, -0.25) is 23.4 Å². The summed E-state index contributed by atoms with van der Waals surface area (Å²) in [5, 5.41) is 9.78. The zero-order valence-electron chi connectivity index (χ0n) is 43.3. The SMILES string of the molecule is CCC/C=C\C/C=C\CCCCCCCC(=O)OC(CO)COP(=O)(O)OCC(COC(=O)CCCCCCC/C=C\CCCCCCCC)OC(=O)CCCCCCC/C=C\C/C=C\CCC. The summed E-state index contributed by atoms with van der Waals surface area (Å²) in [7, 11) is -4.75.